The van der Waals surface area contributed by atoms with Crippen LogP contribution < -0.4 is 15.0 Å². The minimum atomic E-state index is -0.898. The monoisotopic (exact) mass is 767 g/mol. The Morgan fingerprint density at radius 3 is 2.45 bits per heavy atom. The highest BCUT2D eigenvalue weighted by Crippen LogP contribution is 2.61. The molecule has 2 heterocycles. The first-order valence-corrected chi connectivity index (χ1v) is 20.3. The second-order valence-corrected chi connectivity index (χ2v) is 17.6. The van der Waals surface area contributed by atoms with Gasteiger partial charge < -0.3 is 30.1 Å². The predicted molar refractivity (Wildman–Crippen MR) is 218 cm³/mol. The molecule has 8 rings (SSSR count). The fourth-order valence-electron chi connectivity index (χ4n) is 10.3. The van der Waals surface area contributed by atoms with Crippen LogP contribution in [0.4, 0.5) is 5.69 Å². The van der Waals surface area contributed by atoms with Gasteiger partial charge in [0.1, 0.15) is 17.9 Å². The number of carbonyl (C=O) groups is 2. The highest BCUT2D eigenvalue weighted by atomic mass is 16.7. The third-order valence-corrected chi connectivity index (χ3v) is 13.8. The second kappa shape index (κ2) is 16.1. The Labute approximate surface area is 332 Å². The Morgan fingerprint density at radius 1 is 1.05 bits per heavy atom. The molecule has 2 bridgehead atoms. The van der Waals surface area contributed by atoms with Crippen LogP contribution in [0.2, 0.25) is 0 Å². The summed E-state index contributed by atoms with van der Waals surface area (Å²) in [6.45, 7) is 10.4. The summed E-state index contributed by atoms with van der Waals surface area (Å²) in [5.41, 5.74) is 5.34. The van der Waals surface area contributed by atoms with Gasteiger partial charge in [-0.25, -0.2) is 0 Å². The van der Waals surface area contributed by atoms with E-state index in [1.54, 1.807) is 19.1 Å². The maximum absolute atomic E-state index is 14.3. The molecule has 3 saturated carbocycles. The number of piperazine rings is 1. The number of hydroxylamine groups is 2. The van der Waals surface area contributed by atoms with Crippen LogP contribution in [0.25, 0.3) is 11.1 Å². The summed E-state index contributed by atoms with van der Waals surface area (Å²) < 4.78 is 6.13. The highest BCUT2D eigenvalue weighted by Gasteiger charge is 2.57. The van der Waals surface area contributed by atoms with E-state index in [1.165, 1.54) is 12.0 Å². The molecular formula is C45H61N5O6. The molecule has 11 nitrogen and oxygen atoms in total. The number of nitrogens with one attached hydrogen (secondary N) is 1. The van der Waals surface area contributed by atoms with Gasteiger partial charge in [-0.05, 0) is 79.3 Å². The zero-order chi connectivity index (χ0) is 40.1. The molecule has 2 amide bonds. The van der Waals surface area contributed by atoms with Crippen molar-refractivity contribution < 1.29 is 29.4 Å². The molecule has 5 fully saturated rings. The van der Waals surface area contributed by atoms with Crippen LogP contribution >= 0.6 is 0 Å². The molecule has 0 aromatic heterocycles. The number of hydrogen-bond acceptors (Lipinski definition) is 9. The summed E-state index contributed by atoms with van der Waals surface area (Å²) in [6, 6.07) is 21.5. The van der Waals surface area contributed by atoms with Crippen LogP contribution in [-0.4, -0.2) is 116 Å². The van der Waals surface area contributed by atoms with Gasteiger partial charge >= 0.3 is 0 Å². The van der Waals surface area contributed by atoms with Crippen molar-refractivity contribution in [3.05, 3.63) is 83.4 Å². The van der Waals surface area contributed by atoms with Crippen LogP contribution in [0.5, 0.6) is 5.75 Å². The lowest BCUT2D eigenvalue weighted by atomic mass is 9.45. The molecule has 2 saturated heterocycles. The van der Waals surface area contributed by atoms with Crippen LogP contribution in [0.3, 0.4) is 0 Å². The van der Waals surface area contributed by atoms with Crippen molar-refractivity contribution in [2.45, 2.75) is 77.4 Å². The number of likely N-dealkylation sites (N-methyl/N-ethyl adjacent to an activating group) is 1. The molecule has 9 atom stereocenters. The molecule has 3 aromatic carbocycles. The Balaban J connectivity index is 1.17. The Hall–Kier alpha value is -4.00. The van der Waals surface area contributed by atoms with E-state index in [4.69, 9.17) is 9.57 Å². The van der Waals surface area contributed by atoms with Gasteiger partial charge in [-0.3, -0.25) is 19.3 Å². The van der Waals surface area contributed by atoms with Crippen LogP contribution in [0.1, 0.15) is 68.1 Å². The number of ether oxygens (including phenoxy) is 1. The maximum atomic E-state index is 14.3. The number of fused-ring (bicyclic) bond motifs is 2. The summed E-state index contributed by atoms with van der Waals surface area (Å²) >= 11 is 0. The number of rotatable bonds is 11. The fourth-order valence-corrected chi connectivity index (χ4v) is 10.3. The predicted octanol–water partition coefficient (Wildman–Crippen LogP) is 5.22. The Morgan fingerprint density at radius 2 is 1.80 bits per heavy atom. The number of amides is 2. The van der Waals surface area contributed by atoms with Crippen LogP contribution in [0.15, 0.2) is 66.7 Å². The van der Waals surface area contributed by atoms with E-state index in [1.807, 2.05) is 72.4 Å². The molecule has 5 aliphatic rings. The first-order chi connectivity index (χ1) is 26.7. The molecule has 0 radical (unpaired) electrons. The molecule has 3 N–H and O–H groups in total. The van der Waals surface area contributed by atoms with E-state index in [0.29, 0.717) is 42.2 Å². The van der Waals surface area contributed by atoms with Crippen molar-refractivity contribution in [3.8, 4) is 16.9 Å². The minimum Gasteiger partial charge on any atom is -0.496 e. The smallest absolute Gasteiger partial charge is 0.254 e. The summed E-state index contributed by atoms with van der Waals surface area (Å²) in [5.74, 6) is 1.20. The van der Waals surface area contributed by atoms with Gasteiger partial charge in [-0.2, -0.15) is 5.06 Å². The summed E-state index contributed by atoms with van der Waals surface area (Å²) in [6.07, 6.45) is 0.486. The van der Waals surface area contributed by atoms with E-state index >= 15 is 0 Å². The second-order valence-electron chi connectivity index (χ2n) is 17.6. The molecular weight excluding hydrogens is 707 g/mol. The molecule has 11 heteroatoms. The zero-order valence-corrected chi connectivity index (χ0v) is 34.3. The number of anilines is 1. The average Bonchev–Trinajstić information content (AvgIpc) is 3.57. The van der Waals surface area contributed by atoms with Gasteiger partial charge in [0.15, 0.2) is 0 Å². The molecule has 3 aliphatic carbocycles. The molecule has 56 heavy (non-hydrogen) atoms. The largest absolute Gasteiger partial charge is 0.496 e. The number of benzene rings is 3. The first-order valence-electron chi connectivity index (χ1n) is 20.3. The van der Waals surface area contributed by atoms with Crippen molar-refractivity contribution in [1.29, 1.82) is 0 Å². The first kappa shape index (κ1) is 40.2. The number of nitrogens with zero attached hydrogens (tertiary/aromatic N) is 4. The third kappa shape index (κ3) is 7.44. The van der Waals surface area contributed by atoms with E-state index in [-0.39, 0.29) is 42.5 Å². The number of hydrogen-bond donors (Lipinski definition) is 3. The van der Waals surface area contributed by atoms with Gasteiger partial charge in [0.25, 0.3) is 5.91 Å². The lowest BCUT2D eigenvalue weighted by molar-refractivity contribution is -0.183. The van der Waals surface area contributed by atoms with Crippen LogP contribution in [-0.2, 0) is 16.2 Å². The summed E-state index contributed by atoms with van der Waals surface area (Å²) in [4.78, 5) is 41.2. The SMILES string of the molecule is COc1c(CN2O[C@@H](CO)[C@H]([C@H](C)O)[C@H]2C(=O)NC2C[C@H]3C[C@@H]([C@@H]2C)C3(C)C)cccc1-c1cc(C(=O)N2CCN(C)C(c3ccccc3)C2)cc(N(C)C)c1. The van der Waals surface area contributed by atoms with Crippen molar-refractivity contribution in [2.75, 3.05) is 59.4 Å². The fraction of sp³-hybridized carbons (Fsp3) is 0.556. The maximum Gasteiger partial charge on any atom is 0.254 e. The van der Waals surface area contributed by atoms with Crippen molar-refractivity contribution >= 4 is 17.5 Å². The lowest BCUT2D eigenvalue weighted by Gasteiger charge is -2.62. The number of carbonyl (C=O) groups excluding carboxylic acids is 2. The van der Waals surface area contributed by atoms with Gasteiger partial charge in [-0.1, -0.05) is 69.3 Å². The van der Waals surface area contributed by atoms with Crippen molar-refractivity contribution in [2.24, 2.45) is 29.1 Å². The summed E-state index contributed by atoms with van der Waals surface area (Å²) in [7, 11) is 7.66. The molecule has 0 spiro atoms. The van der Waals surface area contributed by atoms with E-state index < -0.39 is 24.2 Å². The molecule has 3 aromatic rings. The molecule has 302 valence electrons. The number of para-hydroxylation sites is 1. The normalized spacial score (nSPS) is 29.4. The Kier molecular flexibility index (Phi) is 11.6. The highest BCUT2D eigenvalue weighted by molar-refractivity contribution is 5.97. The minimum absolute atomic E-state index is 0.0224. The van der Waals surface area contributed by atoms with Gasteiger partial charge in [0.2, 0.25) is 5.91 Å². The van der Waals surface area contributed by atoms with Crippen molar-refractivity contribution in [1.82, 2.24) is 20.2 Å². The van der Waals surface area contributed by atoms with Gasteiger partial charge in [-0.15, -0.1) is 0 Å². The zero-order valence-electron chi connectivity index (χ0n) is 34.3. The van der Waals surface area contributed by atoms with Gasteiger partial charge in [0, 0.05) is 68.1 Å². The van der Waals surface area contributed by atoms with E-state index in [9.17, 15) is 19.8 Å². The molecule has 2 aliphatic heterocycles. The van der Waals surface area contributed by atoms with Crippen LogP contribution in [0, 0.1) is 29.1 Å². The quantitative estimate of drug-likeness (QED) is 0.242. The standard InChI is InChI=1S/C45H61N5O6/c1-27-36-22-33(45(36,3)4)23-37(27)46-43(53)41-40(28(2)52)39(26-51)56-50(41)24-30-15-12-16-35(42(30)55-8)31-19-32(21-34(20-31)47(5)6)44(54)49-18-17-48(7)38(25-49)29-13-10-9-11-14-29/h9-16,19-21,27-28,33,36-41,51-52H,17-18,22-26H2,1-8H3,(H,46,53)/t27-,28-,33+,36-,37?,38?,39-,40-,41-/m0/s1. The molecule has 2 unspecified atom stereocenters. The van der Waals surface area contributed by atoms with E-state index in [2.05, 4.69) is 56.2 Å². The topological polar surface area (TPSA) is 118 Å². The number of aliphatic hydroxyl groups is 2. The lowest BCUT2D eigenvalue weighted by Crippen LogP contribution is -2.62. The van der Waals surface area contributed by atoms with E-state index in [0.717, 1.165) is 35.3 Å². The third-order valence-electron chi connectivity index (χ3n) is 13.8. The summed E-state index contributed by atoms with van der Waals surface area (Å²) in [5, 5.41) is 26.4. The van der Waals surface area contributed by atoms with Gasteiger partial charge in [0.05, 0.1) is 32.4 Å². The number of methoxy groups -OCH3 is 1. The average molecular weight is 768 g/mol. The number of aliphatic hydroxyl groups excluding tert-OH is 2. The Bertz CT molecular complexity index is 1890. The van der Waals surface area contributed by atoms with Crippen molar-refractivity contribution in [3.63, 3.8) is 0 Å².